The van der Waals surface area contributed by atoms with Crippen LogP contribution in [0.3, 0.4) is 0 Å². The lowest BCUT2D eigenvalue weighted by Gasteiger charge is -2.20. The summed E-state index contributed by atoms with van der Waals surface area (Å²) < 4.78 is 18.2. The number of carbonyl (C=O) groups excluding carboxylic acids is 1. The van der Waals surface area contributed by atoms with E-state index < -0.39 is 5.91 Å². The summed E-state index contributed by atoms with van der Waals surface area (Å²) in [4.78, 5) is 17.1. The van der Waals surface area contributed by atoms with Crippen LogP contribution in [0.5, 0.6) is 17.2 Å². The second kappa shape index (κ2) is 12.0. The minimum Gasteiger partial charge on any atom is -0.493 e. The molecule has 8 nitrogen and oxygen atoms in total. The Bertz CT molecular complexity index is 1600. The third-order valence-corrected chi connectivity index (χ3v) is 7.99. The fraction of sp³-hybridized carbons (Fsp3) is 0.172. The van der Waals surface area contributed by atoms with Crippen LogP contribution in [0.15, 0.2) is 70.3 Å². The van der Waals surface area contributed by atoms with E-state index in [0.717, 1.165) is 20.4 Å². The van der Waals surface area contributed by atoms with Crippen molar-refractivity contribution >= 4 is 74.0 Å². The maximum Gasteiger partial charge on any atom is 0.283 e. The fourth-order valence-electron chi connectivity index (χ4n) is 4.18. The number of ether oxygens (including phenoxy) is 3. The van der Waals surface area contributed by atoms with E-state index in [1.165, 1.54) is 16.8 Å². The van der Waals surface area contributed by atoms with Crippen molar-refractivity contribution in [2.24, 2.45) is 10.1 Å². The highest BCUT2D eigenvalue weighted by atomic mass is 127. The average Bonchev–Trinajstić information content (AvgIpc) is 3.33. The summed E-state index contributed by atoms with van der Waals surface area (Å²) in [7, 11) is 1.55. The highest BCUT2D eigenvalue weighted by molar-refractivity contribution is 14.1. The molecule has 0 saturated heterocycles. The molecular weight excluding hydrogens is 663 g/mol. The monoisotopic (exact) mass is 686 g/mol. The highest BCUT2D eigenvalue weighted by Crippen LogP contribution is 2.36. The third-order valence-electron chi connectivity index (χ3n) is 5.92. The fourth-order valence-corrected chi connectivity index (χ4v) is 6.18. The number of methoxy groups -OCH3 is 1. The number of hydrogen-bond donors (Lipinski definition) is 1. The van der Waals surface area contributed by atoms with E-state index >= 15 is 0 Å². The molecule has 1 amide bonds. The van der Waals surface area contributed by atoms with E-state index in [0.29, 0.717) is 51.1 Å². The van der Waals surface area contributed by atoms with Crippen molar-refractivity contribution in [3.05, 3.63) is 91.0 Å². The van der Waals surface area contributed by atoms with Gasteiger partial charge in [0, 0.05) is 5.56 Å². The molecule has 0 aromatic heterocycles. The zero-order valence-corrected chi connectivity index (χ0v) is 25.6. The number of halogens is 2. The molecule has 5 rings (SSSR count). The Kier molecular flexibility index (Phi) is 8.48. The molecule has 0 spiro atoms. The second-order valence-corrected chi connectivity index (χ2v) is 11.5. The second-order valence-electron chi connectivity index (χ2n) is 8.96. The van der Waals surface area contributed by atoms with Gasteiger partial charge in [0.25, 0.3) is 5.91 Å². The smallest absolute Gasteiger partial charge is 0.283 e. The van der Waals surface area contributed by atoms with E-state index in [1.807, 2.05) is 50.2 Å². The molecule has 0 bridgehead atoms. The normalized spacial score (nSPS) is 15.6. The maximum absolute atomic E-state index is 12.9. The first-order valence-electron chi connectivity index (χ1n) is 12.2. The Morgan fingerprint density at radius 3 is 2.52 bits per heavy atom. The van der Waals surface area contributed by atoms with Crippen molar-refractivity contribution in [3.8, 4) is 17.2 Å². The van der Waals surface area contributed by atoms with E-state index in [1.54, 1.807) is 25.3 Å². The van der Waals surface area contributed by atoms with E-state index in [-0.39, 0.29) is 11.4 Å². The van der Waals surface area contributed by atoms with Crippen LogP contribution in [0.4, 0.5) is 0 Å². The van der Waals surface area contributed by atoms with Gasteiger partial charge in [-0.3, -0.25) is 10.2 Å². The number of thioether (sulfide) groups is 1. The number of nitrogens with one attached hydrogen (secondary N) is 1. The molecule has 40 heavy (non-hydrogen) atoms. The molecule has 204 valence electrons. The predicted octanol–water partition coefficient (Wildman–Crippen LogP) is 6.70. The quantitative estimate of drug-likeness (QED) is 0.161. The molecule has 3 aromatic rings. The molecule has 11 heteroatoms. The van der Waals surface area contributed by atoms with Crippen molar-refractivity contribution in [2.75, 3.05) is 20.3 Å². The number of carbonyl (C=O) groups is 1. The molecule has 0 radical (unpaired) electrons. The van der Waals surface area contributed by atoms with Gasteiger partial charge in [0.2, 0.25) is 5.17 Å². The predicted molar refractivity (Wildman–Crippen MR) is 168 cm³/mol. The van der Waals surface area contributed by atoms with Crippen LogP contribution in [0.1, 0.15) is 22.3 Å². The van der Waals surface area contributed by atoms with Crippen LogP contribution in [0, 0.1) is 22.8 Å². The van der Waals surface area contributed by atoms with Crippen LogP contribution in [-0.4, -0.2) is 47.3 Å². The Hall–Kier alpha value is -3.35. The molecule has 3 aromatic carbocycles. The first kappa shape index (κ1) is 28.2. The van der Waals surface area contributed by atoms with Crippen molar-refractivity contribution in [1.29, 1.82) is 5.41 Å². The largest absolute Gasteiger partial charge is 0.493 e. The number of rotatable bonds is 8. The average molecular weight is 687 g/mol. The van der Waals surface area contributed by atoms with Gasteiger partial charge in [-0.2, -0.15) is 15.1 Å². The zero-order valence-electron chi connectivity index (χ0n) is 21.8. The number of hydrogen-bond acceptors (Lipinski definition) is 7. The van der Waals surface area contributed by atoms with Gasteiger partial charge < -0.3 is 14.2 Å². The van der Waals surface area contributed by atoms with Gasteiger partial charge >= 0.3 is 0 Å². The first-order valence-corrected chi connectivity index (χ1v) is 14.5. The van der Waals surface area contributed by atoms with Gasteiger partial charge in [-0.1, -0.05) is 35.9 Å². The standard InChI is InChI=1S/C29H24ClIN4O4S/c1-16-10-17(2)12-19(11-16)38-8-9-39-25-23(31)14-18(15-24(25)37-3)13-21-26(32)35-29(33-27(21)36)40-28(34-35)20-6-4-5-7-22(20)30/h4-7,10-15,32H,8-9H2,1-3H3/b21-13-,32-26?. The number of nitrogens with zero attached hydrogens (tertiary/aromatic N) is 3. The summed E-state index contributed by atoms with van der Waals surface area (Å²) in [6, 6.07) is 17.0. The number of benzene rings is 3. The van der Waals surface area contributed by atoms with Gasteiger partial charge in [0.15, 0.2) is 17.3 Å². The summed E-state index contributed by atoms with van der Waals surface area (Å²) in [6.45, 7) is 4.75. The van der Waals surface area contributed by atoms with Crippen LogP contribution >= 0.6 is 46.0 Å². The lowest BCUT2D eigenvalue weighted by atomic mass is 10.1. The van der Waals surface area contributed by atoms with Crippen LogP contribution in [0.25, 0.3) is 6.08 Å². The van der Waals surface area contributed by atoms with Crippen LogP contribution < -0.4 is 14.2 Å². The number of amidine groups is 2. The summed E-state index contributed by atoms with van der Waals surface area (Å²) in [6.07, 6.45) is 1.61. The van der Waals surface area contributed by atoms with Gasteiger partial charge in [0.05, 0.1) is 21.3 Å². The lowest BCUT2D eigenvalue weighted by molar-refractivity contribution is -0.114. The van der Waals surface area contributed by atoms with Crippen molar-refractivity contribution in [1.82, 2.24) is 5.01 Å². The van der Waals surface area contributed by atoms with Gasteiger partial charge in [-0.25, -0.2) is 0 Å². The molecule has 2 aliphatic heterocycles. The van der Waals surface area contributed by atoms with Gasteiger partial charge in [0.1, 0.15) is 24.0 Å². The number of fused-ring (bicyclic) bond motifs is 1. The Morgan fingerprint density at radius 1 is 1.07 bits per heavy atom. The minimum absolute atomic E-state index is 0.0672. The number of aliphatic imine (C=N–C) groups is 1. The van der Waals surface area contributed by atoms with E-state index in [4.69, 9.17) is 31.2 Å². The third kappa shape index (κ3) is 6.03. The molecule has 2 aliphatic rings. The summed E-state index contributed by atoms with van der Waals surface area (Å²) >= 11 is 9.69. The molecule has 0 saturated carbocycles. The van der Waals surface area contributed by atoms with Crippen LogP contribution in [-0.2, 0) is 4.79 Å². The van der Waals surface area contributed by atoms with Crippen LogP contribution in [0.2, 0.25) is 5.02 Å². The molecular formula is C29H24ClIN4O4S. The van der Waals surface area contributed by atoms with Crippen molar-refractivity contribution < 1.29 is 19.0 Å². The molecule has 2 heterocycles. The van der Waals surface area contributed by atoms with Crippen molar-refractivity contribution in [2.45, 2.75) is 13.8 Å². The Balaban J connectivity index is 1.32. The topological polar surface area (TPSA) is 96.6 Å². The molecule has 0 fully saturated rings. The minimum atomic E-state index is -0.516. The summed E-state index contributed by atoms with van der Waals surface area (Å²) in [5.74, 6) is 1.29. The number of amides is 1. The SMILES string of the molecule is COc1cc(/C=C2/C(=N)N3N=C(c4ccccc4Cl)SC3=NC2=O)cc(I)c1OCCOc1cc(C)cc(C)c1. The number of aryl methyl sites for hydroxylation is 2. The Labute approximate surface area is 254 Å². The zero-order chi connectivity index (χ0) is 28.4. The first-order chi connectivity index (χ1) is 19.2. The molecule has 0 unspecified atom stereocenters. The Morgan fingerprint density at radius 2 is 1.80 bits per heavy atom. The number of hydrazone groups is 1. The summed E-state index contributed by atoms with van der Waals surface area (Å²) in [5.41, 5.74) is 3.77. The lowest BCUT2D eigenvalue weighted by Crippen LogP contribution is -2.35. The maximum atomic E-state index is 12.9. The van der Waals surface area contributed by atoms with E-state index in [2.05, 4.69) is 38.8 Å². The summed E-state index contributed by atoms with van der Waals surface area (Å²) in [5, 5.41) is 16.0. The van der Waals surface area contributed by atoms with Crippen molar-refractivity contribution in [3.63, 3.8) is 0 Å². The molecule has 1 N–H and O–H groups in total. The van der Waals surface area contributed by atoms with Gasteiger partial charge in [-0.05, 0) is 101 Å². The van der Waals surface area contributed by atoms with E-state index in [9.17, 15) is 4.79 Å². The van der Waals surface area contributed by atoms with Gasteiger partial charge in [-0.15, -0.1) is 0 Å². The molecule has 0 atom stereocenters. The molecule has 0 aliphatic carbocycles. The highest BCUT2D eigenvalue weighted by Gasteiger charge is 2.36.